The molecule has 0 aliphatic rings. The van der Waals surface area contributed by atoms with Gasteiger partial charge >= 0.3 is 19.8 Å². The zero-order valence-corrected chi connectivity index (χ0v) is 47.0. The lowest BCUT2D eigenvalue weighted by atomic mass is 10.0. The molecule has 2 unspecified atom stereocenters. The molecule has 1 N–H and O–H groups in total. The van der Waals surface area contributed by atoms with Gasteiger partial charge in [0.1, 0.15) is 19.8 Å². The van der Waals surface area contributed by atoms with Crippen LogP contribution < -0.4 is 0 Å². The fourth-order valence-corrected chi connectivity index (χ4v) is 9.12. The number of nitrogens with zero attached hydrogens (tertiary/aromatic N) is 1. The lowest BCUT2D eigenvalue weighted by Gasteiger charge is -2.24. The first-order valence-electron chi connectivity index (χ1n) is 29.2. The van der Waals surface area contributed by atoms with Crippen molar-refractivity contribution in [3.05, 3.63) is 36.5 Å². The summed E-state index contributed by atoms with van der Waals surface area (Å²) < 4.78 is 34.6. The average Bonchev–Trinajstić information content (AvgIpc) is 3.31. The average molecular weight is 996 g/mol. The van der Waals surface area contributed by atoms with Gasteiger partial charge in [0.2, 0.25) is 0 Å². The van der Waals surface area contributed by atoms with Crippen molar-refractivity contribution >= 4 is 19.8 Å². The van der Waals surface area contributed by atoms with Gasteiger partial charge in [0.05, 0.1) is 27.7 Å². The number of hydrogen-bond donors (Lipinski definition) is 1. The van der Waals surface area contributed by atoms with Crippen molar-refractivity contribution in [3.63, 3.8) is 0 Å². The summed E-state index contributed by atoms with van der Waals surface area (Å²) in [6.45, 7) is 4.46. The predicted molar refractivity (Wildman–Crippen MR) is 294 cm³/mol. The van der Waals surface area contributed by atoms with E-state index in [-0.39, 0.29) is 25.6 Å². The molecule has 406 valence electrons. The number of rotatable bonds is 54. The van der Waals surface area contributed by atoms with E-state index in [1.807, 2.05) is 21.1 Å². The summed E-state index contributed by atoms with van der Waals surface area (Å²) in [7, 11) is 1.48. The Kier molecular flexibility index (Phi) is 49.8. The minimum absolute atomic E-state index is 0.0313. The summed E-state index contributed by atoms with van der Waals surface area (Å²) in [4.78, 5) is 35.7. The lowest BCUT2D eigenvalue weighted by molar-refractivity contribution is -0.870. The molecule has 0 spiro atoms. The third kappa shape index (κ3) is 55.4. The molecule has 10 heteroatoms. The van der Waals surface area contributed by atoms with Gasteiger partial charge in [-0.1, -0.05) is 249 Å². The third-order valence-corrected chi connectivity index (χ3v) is 13.9. The van der Waals surface area contributed by atoms with Crippen LogP contribution in [0, 0.1) is 0 Å². The van der Waals surface area contributed by atoms with Gasteiger partial charge in [0, 0.05) is 12.8 Å². The molecular formula is C59H113NO8P+. The minimum Gasteiger partial charge on any atom is -0.462 e. The highest BCUT2D eigenvalue weighted by molar-refractivity contribution is 7.47. The van der Waals surface area contributed by atoms with Gasteiger partial charge in [-0.15, -0.1) is 0 Å². The molecule has 0 heterocycles. The van der Waals surface area contributed by atoms with E-state index in [1.165, 1.54) is 186 Å². The number of quaternary nitrogens is 1. The summed E-state index contributed by atoms with van der Waals surface area (Å²) in [6.07, 6.45) is 62.1. The second kappa shape index (κ2) is 51.1. The Balaban J connectivity index is 4.17. The molecule has 0 aliphatic carbocycles. The maximum Gasteiger partial charge on any atom is 0.472 e. The Morgan fingerprint density at radius 1 is 0.449 bits per heavy atom. The Morgan fingerprint density at radius 3 is 1.16 bits per heavy atom. The number of carbonyl (C=O) groups is 2. The molecular weight excluding hydrogens is 882 g/mol. The standard InChI is InChI=1S/C59H112NO8P/c1-6-8-10-12-14-16-18-20-22-24-26-28-30-32-34-36-38-40-42-44-46-48-50-52-59(62)68-57(56-67-69(63,64)66-54-53-60(3,4)5)55-65-58(61)51-49-47-45-43-41-39-37-35-33-31-29-27-25-23-21-19-17-15-13-11-9-7-2/h18,20,24,26,30,32,57H,6-17,19,21-23,25,27-29,31,33-56H2,1-5H3/p+1/b20-18-,26-24-,32-30-. The zero-order chi connectivity index (χ0) is 50.6. The molecule has 69 heavy (non-hydrogen) atoms. The second-order valence-corrected chi connectivity index (χ2v) is 22.5. The van der Waals surface area contributed by atoms with E-state index in [2.05, 4.69) is 50.3 Å². The smallest absolute Gasteiger partial charge is 0.462 e. The summed E-state index contributed by atoms with van der Waals surface area (Å²) in [5.41, 5.74) is 0. The summed E-state index contributed by atoms with van der Waals surface area (Å²) in [5.74, 6) is -0.792. The normalized spacial score (nSPS) is 13.5. The largest absolute Gasteiger partial charge is 0.472 e. The first-order chi connectivity index (χ1) is 33.5. The van der Waals surface area contributed by atoms with Gasteiger partial charge in [-0.3, -0.25) is 18.6 Å². The predicted octanol–water partition coefficient (Wildman–Crippen LogP) is 18.0. The Morgan fingerprint density at radius 2 is 0.783 bits per heavy atom. The molecule has 0 rings (SSSR count). The van der Waals surface area contributed by atoms with Crippen LogP contribution >= 0.6 is 7.82 Å². The first kappa shape index (κ1) is 67.2. The van der Waals surface area contributed by atoms with Crippen LogP contribution in [0.1, 0.15) is 277 Å². The first-order valence-corrected chi connectivity index (χ1v) is 30.7. The quantitative estimate of drug-likeness (QED) is 0.0211. The topological polar surface area (TPSA) is 108 Å². The highest BCUT2D eigenvalue weighted by Crippen LogP contribution is 2.43. The molecule has 0 saturated carbocycles. The molecule has 0 amide bonds. The van der Waals surface area contributed by atoms with Gasteiger partial charge in [-0.25, -0.2) is 4.57 Å². The minimum atomic E-state index is -4.39. The maximum absolute atomic E-state index is 12.8. The van der Waals surface area contributed by atoms with Crippen molar-refractivity contribution < 1.29 is 42.1 Å². The highest BCUT2D eigenvalue weighted by atomic mass is 31.2. The molecule has 0 aliphatic heterocycles. The van der Waals surface area contributed by atoms with Crippen molar-refractivity contribution in [2.45, 2.75) is 283 Å². The summed E-state index contributed by atoms with van der Waals surface area (Å²) >= 11 is 0. The van der Waals surface area contributed by atoms with E-state index in [0.717, 1.165) is 57.8 Å². The van der Waals surface area contributed by atoms with E-state index >= 15 is 0 Å². The number of unbranched alkanes of at least 4 members (excludes halogenated alkanes) is 34. The molecule has 0 aromatic heterocycles. The van der Waals surface area contributed by atoms with Crippen LogP contribution in [0.3, 0.4) is 0 Å². The molecule has 0 fully saturated rings. The van der Waals surface area contributed by atoms with E-state index in [4.69, 9.17) is 18.5 Å². The van der Waals surface area contributed by atoms with Crippen LogP contribution in [0.25, 0.3) is 0 Å². The van der Waals surface area contributed by atoms with Crippen molar-refractivity contribution in [1.82, 2.24) is 0 Å². The number of carbonyl (C=O) groups excluding carboxylic acids is 2. The third-order valence-electron chi connectivity index (χ3n) is 12.9. The van der Waals surface area contributed by atoms with Gasteiger partial charge < -0.3 is 18.9 Å². The van der Waals surface area contributed by atoms with Crippen LogP contribution in [0.15, 0.2) is 36.5 Å². The van der Waals surface area contributed by atoms with Crippen molar-refractivity contribution in [2.24, 2.45) is 0 Å². The van der Waals surface area contributed by atoms with Crippen LogP contribution in [0.5, 0.6) is 0 Å². The van der Waals surface area contributed by atoms with Crippen LogP contribution in [-0.4, -0.2) is 74.9 Å². The number of allylic oxidation sites excluding steroid dienone is 6. The van der Waals surface area contributed by atoms with Gasteiger partial charge in [0.15, 0.2) is 6.10 Å². The number of ether oxygens (including phenoxy) is 2. The molecule has 9 nitrogen and oxygen atoms in total. The Bertz CT molecular complexity index is 1260. The molecule has 0 radical (unpaired) electrons. The van der Waals surface area contributed by atoms with Gasteiger partial charge in [-0.2, -0.15) is 0 Å². The number of hydrogen-bond acceptors (Lipinski definition) is 7. The molecule has 0 aromatic rings. The van der Waals surface area contributed by atoms with Crippen molar-refractivity contribution in [3.8, 4) is 0 Å². The highest BCUT2D eigenvalue weighted by Gasteiger charge is 2.27. The Hall–Kier alpha value is -1.77. The fourth-order valence-electron chi connectivity index (χ4n) is 8.38. The van der Waals surface area contributed by atoms with Crippen LogP contribution in [0.4, 0.5) is 0 Å². The van der Waals surface area contributed by atoms with Gasteiger partial charge in [-0.05, 0) is 51.4 Å². The van der Waals surface area contributed by atoms with Crippen LogP contribution in [0.2, 0.25) is 0 Å². The maximum atomic E-state index is 12.8. The zero-order valence-electron chi connectivity index (χ0n) is 46.1. The fraction of sp³-hybridized carbons (Fsp3) is 0.864. The monoisotopic (exact) mass is 995 g/mol. The van der Waals surface area contributed by atoms with E-state index in [1.54, 1.807) is 0 Å². The molecule has 0 aromatic carbocycles. The number of esters is 2. The van der Waals surface area contributed by atoms with E-state index in [0.29, 0.717) is 23.9 Å². The van der Waals surface area contributed by atoms with Gasteiger partial charge in [0.25, 0.3) is 0 Å². The van der Waals surface area contributed by atoms with E-state index in [9.17, 15) is 19.0 Å². The lowest BCUT2D eigenvalue weighted by Crippen LogP contribution is -2.37. The SMILES string of the molecule is CCCCCCC/C=C\C/C=C\C/C=C\CCCCCCCCCCC(=O)OC(COC(=O)CCCCCCCCCCCCCCCCCCCCCCCC)COP(=O)(O)OCC[N+](C)(C)C. The van der Waals surface area contributed by atoms with Crippen molar-refractivity contribution in [2.75, 3.05) is 47.5 Å². The van der Waals surface area contributed by atoms with E-state index < -0.39 is 26.5 Å². The molecule has 0 saturated heterocycles. The number of phosphoric acid groups is 1. The summed E-state index contributed by atoms with van der Waals surface area (Å²) in [5, 5.41) is 0. The summed E-state index contributed by atoms with van der Waals surface area (Å²) in [6, 6.07) is 0. The number of phosphoric ester groups is 1. The van der Waals surface area contributed by atoms with Crippen molar-refractivity contribution in [1.29, 1.82) is 0 Å². The molecule has 0 bridgehead atoms. The second-order valence-electron chi connectivity index (χ2n) is 21.0. The Labute approximate surface area is 427 Å². The van der Waals surface area contributed by atoms with Crippen LogP contribution in [-0.2, 0) is 32.7 Å². The number of likely N-dealkylation sites (N-methyl/N-ethyl adjacent to an activating group) is 1. The molecule has 2 atom stereocenters.